The number of fused-ring (bicyclic) bond motifs is 1. The van der Waals surface area contributed by atoms with Crippen LogP contribution in [0, 0.1) is 0 Å². The molecule has 0 aliphatic rings. The fraction of sp³-hybridized carbons (Fsp3) is 0.174. The van der Waals surface area contributed by atoms with E-state index < -0.39 is 0 Å². The standard InChI is InChI=1S/C23H21BrN2O2/c1-27-21-12-9-17(13-22(21)28-2)14-23-25-19-5-3-4-6-20(19)26(23)15-16-7-10-18(24)11-8-16/h3-13H,14-15H2,1-2H3. The summed E-state index contributed by atoms with van der Waals surface area (Å²) in [5, 5.41) is 0. The zero-order valence-electron chi connectivity index (χ0n) is 15.9. The van der Waals surface area contributed by atoms with E-state index in [0.717, 1.165) is 44.9 Å². The molecule has 0 bridgehead atoms. The zero-order valence-corrected chi connectivity index (χ0v) is 17.4. The molecule has 4 aromatic rings. The summed E-state index contributed by atoms with van der Waals surface area (Å²) in [5.41, 5.74) is 4.51. The highest BCUT2D eigenvalue weighted by atomic mass is 79.9. The number of aromatic nitrogens is 2. The number of hydrogen-bond donors (Lipinski definition) is 0. The van der Waals surface area contributed by atoms with Crippen LogP contribution in [0.5, 0.6) is 11.5 Å². The van der Waals surface area contributed by atoms with Crippen LogP contribution < -0.4 is 9.47 Å². The molecule has 4 nitrogen and oxygen atoms in total. The van der Waals surface area contributed by atoms with Crippen molar-refractivity contribution in [2.24, 2.45) is 0 Å². The smallest absolute Gasteiger partial charge is 0.161 e. The summed E-state index contributed by atoms with van der Waals surface area (Å²) < 4.78 is 14.2. The fourth-order valence-corrected chi connectivity index (χ4v) is 3.65. The molecular weight excluding hydrogens is 416 g/mol. The van der Waals surface area contributed by atoms with Crippen molar-refractivity contribution < 1.29 is 9.47 Å². The zero-order chi connectivity index (χ0) is 19.5. The highest BCUT2D eigenvalue weighted by molar-refractivity contribution is 9.10. The van der Waals surface area contributed by atoms with Crippen LogP contribution >= 0.6 is 15.9 Å². The van der Waals surface area contributed by atoms with Gasteiger partial charge in [-0.1, -0.05) is 46.3 Å². The number of hydrogen-bond acceptors (Lipinski definition) is 3. The molecule has 0 amide bonds. The molecule has 0 fully saturated rings. The van der Waals surface area contributed by atoms with Crippen LogP contribution in [0.4, 0.5) is 0 Å². The van der Waals surface area contributed by atoms with E-state index in [2.05, 4.69) is 69.0 Å². The van der Waals surface area contributed by atoms with E-state index in [9.17, 15) is 0 Å². The molecule has 1 aromatic heterocycles. The molecule has 1 heterocycles. The average molecular weight is 437 g/mol. The van der Waals surface area contributed by atoms with E-state index in [-0.39, 0.29) is 0 Å². The van der Waals surface area contributed by atoms with Gasteiger partial charge in [0.05, 0.1) is 25.3 Å². The molecule has 0 atom stereocenters. The lowest BCUT2D eigenvalue weighted by Gasteiger charge is -2.12. The van der Waals surface area contributed by atoms with Gasteiger partial charge in [0, 0.05) is 17.4 Å². The second-order valence-corrected chi connectivity index (χ2v) is 7.51. The summed E-state index contributed by atoms with van der Waals surface area (Å²) >= 11 is 3.51. The summed E-state index contributed by atoms with van der Waals surface area (Å²) in [6.45, 7) is 0.774. The number of para-hydroxylation sites is 2. The minimum absolute atomic E-state index is 0.714. The average Bonchev–Trinajstić information content (AvgIpc) is 3.06. The highest BCUT2D eigenvalue weighted by Gasteiger charge is 2.13. The molecule has 0 saturated carbocycles. The van der Waals surface area contributed by atoms with Crippen LogP contribution in [0.3, 0.4) is 0 Å². The van der Waals surface area contributed by atoms with E-state index in [1.165, 1.54) is 5.56 Å². The highest BCUT2D eigenvalue weighted by Crippen LogP contribution is 2.29. The van der Waals surface area contributed by atoms with Crippen molar-refractivity contribution >= 4 is 27.0 Å². The lowest BCUT2D eigenvalue weighted by atomic mass is 10.1. The number of halogens is 1. The minimum Gasteiger partial charge on any atom is -0.493 e. The van der Waals surface area contributed by atoms with Gasteiger partial charge in [-0.25, -0.2) is 4.98 Å². The molecule has 0 N–H and O–H groups in total. The van der Waals surface area contributed by atoms with Gasteiger partial charge in [-0.15, -0.1) is 0 Å². The second-order valence-electron chi connectivity index (χ2n) is 6.60. The Balaban J connectivity index is 1.73. The van der Waals surface area contributed by atoms with Gasteiger partial charge in [0.25, 0.3) is 0 Å². The second kappa shape index (κ2) is 8.07. The van der Waals surface area contributed by atoms with Crippen LogP contribution in [0.2, 0.25) is 0 Å². The quantitative estimate of drug-likeness (QED) is 0.402. The molecule has 0 radical (unpaired) electrons. The summed E-state index contributed by atoms with van der Waals surface area (Å²) in [7, 11) is 3.31. The van der Waals surface area contributed by atoms with Gasteiger partial charge in [-0.2, -0.15) is 0 Å². The fourth-order valence-electron chi connectivity index (χ4n) is 3.38. The normalized spacial score (nSPS) is 11.0. The minimum atomic E-state index is 0.714. The Morgan fingerprint density at radius 1 is 0.857 bits per heavy atom. The monoisotopic (exact) mass is 436 g/mol. The van der Waals surface area contributed by atoms with Crippen LogP contribution in [-0.4, -0.2) is 23.8 Å². The Morgan fingerprint density at radius 3 is 2.32 bits per heavy atom. The van der Waals surface area contributed by atoms with Gasteiger partial charge in [0.2, 0.25) is 0 Å². The third kappa shape index (κ3) is 3.76. The van der Waals surface area contributed by atoms with Crippen LogP contribution in [0.1, 0.15) is 17.0 Å². The Labute approximate surface area is 172 Å². The summed E-state index contributed by atoms with van der Waals surface area (Å²) in [6.07, 6.45) is 0.714. The maximum Gasteiger partial charge on any atom is 0.161 e. The Morgan fingerprint density at radius 2 is 1.57 bits per heavy atom. The molecule has 0 saturated heterocycles. The first-order valence-electron chi connectivity index (χ1n) is 9.07. The lowest BCUT2D eigenvalue weighted by Crippen LogP contribution is -2.06. The van der Waals surface area contributed by atoms with Crippen LogP contribution in [0.25, 0.3) is 11.0 Å². The molecule has 0 spiro atoms. The van der Waals surface area contributed by atoms with E-state index >= 15 is 0 Å². The van der Waals surface area contributed by atoms with Crippen LogP contribution in [-0.2, 0) is 13.0 Å². The predicted octanol–water partition coefficient (Wildman–Crippen LogP) is 5.46. The molecule has 142 valence electrons. The largest absolute Gasteiger partial charge is 0.493 e. The van der Waals surface area contributed by atoms with Crippen molar-refractivity contribution in [3.05, 3.63) is 88.2 Å². The number of ether oxygens (including phenoxy) is 2. The molecule has 3 aromatic carbocycles. The Hall–Kier alpha value is -2.79. The maximum absolute atomic E-state index is 5.45. The van der Waals surface area contributed by atoms with E-state index in [0.29, 0.717) is 6.42 Å². The number of imidazole rings is 1. The van der Waals surface area contributed by atoms with Crippen molar-refractivity contribution in [1.82, 2.24) is 9.55 Å². The summed E-state index contributed by atoms with van der Waals surface area (Å²) in [6, 6.07) is 22.7. The van der Waals surface area contributed by atoms with Gasteiger partial charge in [-0.3, -0.25) is 0 Å². The molecule has 5 heteroatoms. The number of benzene rings is 3. The molecule has 0 aliphatic heterocycles. The first-order valence-corrected chi connectivity index (χ1v) is 9.86. The Kier molecular flexibility index (Phi) is 5.35. The summed E-state index contributed by atoms with van der Waals surface area (Å²) in [4.78, 5) is 4.90. The molecule has 0 aliphatic carbocycles. The topological polar surface area (TPSA) is 36.3 Å². The van der Waals surface area contributed by atoms with E-state index in [4.69, 9.17) is 14.5 Å². The first-order chi connectivity index (χ1) is 13.7. The van der Waals surface area contributed by atoms with E-state index in [1.54, 1.807) is 14.2 Å². The van der Waals surface area contributed by atoms with Crippen molar-refractivity contribution in [2.75, 3.05) is 14.2 Å². The number of nitrogens with zero attached hydrogens (tertiary/aromatic N) is 2. The molecular formula is C23H21BrN2O2. The molecule has 28 heavy (non-hydrogen) atoms. The SMILES string of the molecule is COc1ccc(Cc2nc3ccccc3n2Cc2ccc(Br)cc2)cc1OC. The maximum atomic E-state index is 5.45. The Bertz CT molecular complexity index is 1100. The lowest BCUT2D eigenvalue weighted by molar-refractivity contribution is 0.354. The van der Waals surface area contributed by atoms with Gasteiger partial charge < -0.3 is 14.0 Å². The van der Waals surface area contributed by atoms with Gasteiger partial charge >= 0.3 is 0 Å². The van der Waals surface area contributed by atoms with E-state index in [1.807, 2.05) is 18.2 Å². The molecule has 4 rings (SSSR count). The third-order valence-electron chi connectivity index (χ3n) is 4.80. The first kappa shape index (κ1) is 18.6. The van der Waals surface area contributed by atoms with Crippen LogP contribution in [0.15, 0.2) is 71.2 Å². The number of methoxy groups -OCH3 is 2. The van der Waals surface area contributed by atoms with Crippen molar-refractivity contribution in [2.45, 2.75) is 13.0 Å². The number of rotatable bonds is 6. The predicted molar refractivity (Wildman–Crippen MR) is 115 cm³/mol. The summed E-state index contributed by atoms with van der Waals surface area (Å²) in [5.74, 6) is 2.49. The third-order valence-corrected chi connectivity index (χ3v) is 5.33. The van der Waals surface area contributed by atoms with Gasteiger partial charge in [0.1, 0.15) is 5.82 Å². The molecule has 0 unspecified atom stereocenters. The van der Waals surface area contributed by atoms with Gasteiger partial charge in [-0.05, 0) is 47.5 Å². The van der Waals surface area contributed by atoms with Gasteiger partial charge in [0.15, 0.2) is 11.5 Å². The van der Waals surface area contributed by atoms with Crippen molar-refractivity contribution in [1.29, 1.82) is 0 Å². The van der Waals surface area contributed by atoms with Crippen molar-refractivity contribution in [3.8, 4) is 11.5 Å². The van der Waals surface area contributed by atoms with Crippen molar-refractivity contribution in [3.63, 3.8) is 0 Å².